The van der Waals surface area contributed by atoms with Gasteiger partial charge < -0.3 is 10.6 Å². The zero-order chi connectivity index (χ0) is 31.4. The zero-order valence-electron chi connectivity index (χ0n) is 25.1. The molecule has 0 heterocycles. The van der Waals surface area contributed by atoms with Crippen LogP contribution in [0.4, 0.5) is 0 Å². The topological polar surface area (TPSA) is 92.3 Å². The number of rotatable bonds is 9. The molecule has 2 aromatic rings. The van der Waals surface area contributed by atoms with Gasteiger partial charge in [-0.1, -0.05) is 84.7 Å². The van der Waals surface area contributed by atoms with Crippen LogP contribution in [0.3, 0.4) is 0 Å². The summed E-state index contributed by atoms with van der Waals surface area (Å²) in [5.41, 5.74) is 5.08. The predicted octanol–water partition coefficient (Wildman–Crippen LogP) is 7.30. The highest BCUT2D eigenvalue weighted by molar-refractivity contribution is 9.12. The maximum absolute atomic E-state index is 12.6. The first-order chi connectivity index (χ1) is 20.6. The van der Waals surface area contributed by atoms with Crippen molar-refractivity contribution >= 4 is 39.1 Å². The summed E-state index contributed by atoms with van der Waals surface area (Å²) in [4.78, 5) is 48.9. The lowest BCUT2D eigenvalue weighted by molar-refractivity contribution is 0.0976. The van der Waals surface area contributed by atoms with Crippen molar-refractivity contribution in [2.75, 3.05) is 13.1 Å². The van der Waals surface area contributed by atoms with Crippen molar-refractivity contribution in [3.63, 3.8) is 0 Å². The predicted molar refractivity (Wildman–Crippen MR) is 175 cm³/mol. The third kappa shape index (κ3) is 9.10. The minimum Gasteiger partial charge on any atom is -0.377 e. The molecule has 2 aliphatic carbocycles. The number of carbonyl (C=O) groups is 4. The molecular formula is C36H37BrN2O4. The third-order valence-electron chi connectivity index (χ3n) is 6.71. The van der Waals surface area contributed by atoms with E-state index in [9.17, 15) is 19.2 Å². The molecule has 43 heavy (non-hydrogen) atoms. The van der Waals surface area contributed by atoms with Crippen molar-refractivity contribution in [3.05, 3.63) is 116 Å². The van der Waals surface area contributed by atoms with Gasteiger partial charge in [0.1, 0.15) is 5.70 Å². The summed E-state index contributed by atoms with van der Waals surface area (Å²) in [6, 6.07) is 13.8. The summed E-state index contributed by atoms with van der Waals surface area (Å²) in [7, 11) is 0. The first-order valence-corrected chi connectivity index (χ1v) is 15.1. The fourth-order valence-electron chi connectivity index (χ4n) is 4.38. The van der Waals surface area contributed by atoms with E-state index in [1.54, 1.807) is 48.5 Å². The van der Waals surface area contributed by atoms with Crippen LogP contribution in [0.2, 0.25) is 0 Å². The molecule has 0 bridgehead atoms. The van der Waals surface area contributed by atoms with Gasteiger partial charge in [0.15, 0.2) is 5.78 Å². The normalized spacial score (nSPS) is 14.0. The molecule has 6 nitrogen and oxygen atoms in total. The molecule has 2 aliphatic rings. The molecular weight excluding hydrogens is 604 g/mol. The van der Waals surface area contributed by atoms with E-state index in [0.717, 1.165) is 25.7 Å². The van der Waals surface area contributed by atoms with Gasteiger partial charge in [0.2, 0.25) is 17.3 Å². The average molecular weight is 642 g/mol. The summed E-state index contributed by atoms with van der Waals surface area (Å²) in [6.45, 7) is 9.22. The van der Waals surface area contributed by atoms with Crippen molar-refractivity contribution in [3.8, 4) is 11.8 Å². The summed E-state index contributed by atoms with van der Waals surface area (Å²) in [5.74, 6) is 5.32. The molecule has 7 heteroatoms. The van der Waals surface area contributed by atoms with E-state index in [1.807, 2.05) is 0 Å². The highest BCUT2D eigenvalue weighted by Gasteiger charge is 2.30. The Kier molecular flexibility index (Phi) is 12.7. The molecule has 0 atom stereocenters. The van der Waals surface area contributed by atoms with E-state index in [4.69, 9.17) is 0 Å². The van der Waals surface area contributed by atoms with Crippen LogP contribution in [0.15, 0.2) is 93.8 Å². The van der Waals surface area contributed by atoms with Gasteiger partial charge in [-0.3, -0.25) is 19.2 Å². The molecule has 2 aromatic carbocycles. The number of carbonyl (C=O) groups excluding carboxylic acids is 4. The van der Waals surface area contributed by atoms with Gasteiger partial charge in [0.05, 0.1) is 16.7 Å². The van der Waals surface area contributed by atoms with Crippen LogP contribution in [0.5, 0.6) is 0 Å². The molecule has 0 amide bonds. The largest absolute Gasteiger partial charge is 0.377 e. The van der Waals surface area contributed by atoms with E-state index in [1.165, 1.54) is 17.2 Å². The average Bonchev–Trinajstić information content (AvgIpc) is 3.00. The van der Waals surface area contributed by atoms with Crippen LogP contribution in [0, 0.1) is 11.8 Å². The van der Waals surface area contributed by atoms with Gasteiger partial charge in [-0.15, -0.1) is 5.92 Å². The number of nitrogens with one attached hydrogen (secondary N) is 2. The number of fused-ring (bicyclic) bond motifs is 2. The number of ketones is 4. The van der Waals surface area contributed by atoms with Gasteiger partial charge in [-0.25, -0.2) is 0 Å². The van der Waals surface area contributed by atoms with Crippen LogP contribution in [0.1, 0.15) is 94.8 Å². The lowest BCUT2D eigenvalue weighted by atomic mass is 9.92. The highest BCUT2D eigenvalue weighted by atomic mass is 79.9. The summed E-state index contributed by atoms with van der Waals surface area (Å²) in [5, 5.41) is 6.01. The van der Waals surface area contributed by atoms with Crippen molar-refractivity contribution < 1.29 is 19.2 Å². The number of halogens is 1. The molecule has 0 aromatic heterocycles. The van der Waals surface area contributed by atoms with Gasteiger partial charge in [0.25, 0.3) is 0 Å². The Morgan fingerprint density at radius 3 is 2.02 bits per heavy atom. The molecule has 0 aliphatic heterocycles. The quantitative estimate of drug-likeness (QED) is 0.221. The van der Waals surface area contributed by atoms with E-state index < -0.39 is 0 Å². The molecule has 0 radical (unpaired) electrons. The first-order valence-electron chi connectivity index (χ1n) is 14.4. The number of unbranched alkanes of at least 4 members (excludes halogenated alkanes) is 1. The Bertz CT molecular complexity index is 1590. The molecule has 0 unspecified atom stereocenters. The van der Waals surface area contributed by atoms with Crippen molar-refractivity contribution in [1.29, 1.82) is 0 Å². The van der Waals surface area contributed by atoms with Crippen LogP contribution in [-0.2, 0) is 0 Å². The second-order valence-electron chi connectivity index (χ2n) is 10.4. The van der Waals surface area contributed by atoms with Crippen molar-refractivity contribution in [1.82, 2.24) is 10.6 Å². The lowest BCUT2D eigenvalue weighted by Gasteiger charge is -2.18. The van der Waals surface area contributed by atoms with Gasteiger partial charge in [-0.05, 0) is 56.0 Å². The fourth-order valence-corrected chi connectivity index (χ4v) is 4.92. The number of allylic oxidation sites excluding steroid dienone is 7. The molecule has 0 saturated heterocycles. The molecule has 2 N–H and O–H groups in total. The second kappa shape index (κ2) is 16.4. The smallest absolute Gasteiger partial charge is 0.210 e. The molecule has 4 rings (SSSR count). The number of Topliss-reactive ketones (excluding diaryl/α,β-unsaturated/α-hetero) is 3. The van der Waals surface area contributed by atoms with E-state index >= 15 is 0 Å². The molecule has 0 fully saturated rings. The Balaban J connectivity index is 0.000000242. The van der Waals surface area contributed by atoms with Gasteiger partial charge >= 0.3 is 0 Å². The van der Waals surface area contributed by atoms with Gasteiger partial charge in [-0.2, -0.15) is 0 Å². The number of hydrogen-bond acceptors (Lipinski definition) is 6. The number of hydrogen-bond donors (Lipinski definition) is 2. The van der Waals surface area contributed by atoms with E-state index in [0.29, 0.717) is 51.2 Å². The summed E-state index contributed by atoms with van der Waals surface area (Å²) >= 11 is 3.27. The fraction of sp³-hybridized carbons (Fsp3) is 0.278. The SMILES string of the molecule is CC(C)=CCC/C(C)=C/CNC1=C(Br)C(=O)c2ccccc2C1=O.CCCC#CCNC1=CC(=O)c2ccccc2C1=O. The Morgan fingerprint density at radius 1 is 0.791 bits per heavy atom. The van der Waals surface area contributed by atoms with Crippen LogP contribution >= 0.6 is 15.9 Å². The second-order valence-corrected chi connectivity index (χ2v) is 11.2. The zero-order valence-corrected chi connectivity index (χ0v) is 26.7. The Morgan fingerprint density at radius 2 is 1.40 bits per heavy atom. The summed E-state index contributed by atoms with van der Waals surface area (Å²) < 4.78 is 0.307. The van der Waals surface area contributed by atoms with E-state index in [-0.39, 0.29) is 23.1 Å². The van der Waals surface area contributed by atoms with Crippen molar-refractivity contribution in [2.24, 2.45) is 0 Å². The number of benzene rings is 2. The van der Waals surface area contributed by atoms with Crippen LogP contribution in [0.25, 0.3) is 0 Å². The molecule has 0 saturated carbocycles. The molecule has 222 valence electrons. The van der Waals surface area contributed by atoms with Gasteiger partial charge in [0, 0.05) is 41.3 Å². The van der Waals surface area contributed by atoms with Crippen LogP contribution in [-0.4, -0.2) is 36.2 Å². The molecule has 0 spiro atoms. The first kappa shape index (κ1) is 33.2. The van der Waals surface area contributed by atoms with E-state index in [2.05, 4.69) is 78.3 Å². The summed E-state index contributed by atoms with van der Waals surface area (Å²) in [6.07, 6.45) is 9.49. The van der Waals surface area contributed by atoms with Crippen molar-refractivity contribution in [2.45, 2.75) is 53.4 Å². The standard InChI is InChI=1S/C20H22BrNO2.C16H15NO2/c1-13(2)7-6-8-14(3)11-12-22-18-17(21)19(23)15-9-4-5-10-16(15)20(18)24;1-2-3-4-7-10-17-14-11-15(18)12-8-5-6-9-13(12)16(14)19/h4-5,7,9-11,22H,6,8,12H2,1-3H3;5-6,8-9,11,17H,2-3,10H2,1H3/b14-11+;. The maximum atomic E-state index is 12.6. The lowest BCUT2D eigenvalue weighted by Crippen LogP contribution is -2.29. The minimum atomic E-state index is -0.156. The Labute approximate surface area is 262 Å². The monoisotopic (exact) mass is 640 g/mol. The Hall–Kier alpha value is -4.28. The highest BCUT2D eigenvalue weighted by Crippen LogP contribution is 2.28. The third-order valence-corrected chi connectivity index (χ3v) is 7.46. The maximum Gasteiger partial charge on any atom is 0.210 e. The minimum absolute atomic E-state index is 0.140. The van der Waals surface area contributed by atoms with Crippen LogP contribution < -0.4 is 10.6 Å².